The van der Waals surface area contributed by atoms with Gasteiger partial charge in [-0.3, -0.25) is 0 Å². The summed E-state index contributed by atoms with van der Waals surface area (Å²) in [6.07, 6.45) is 0.0547. The van der Waals surface area contributed by atoms with Gasteiger partial charge in [-0.25, -0.2) is 8.78 Å². The van der Waals surface area contributed by atoms with E-state index in [0.717, 1.165) is 12.6 Å². The Morgan fingerprint density at radius 2 is 2.00 bits per heavy atom. The van der Waals surface area contributed by atoms with Gasteiger partial charge in [0.05, 0.1) is 6.10 Å². The zero-order valence-corrected chi connectivity index (χ0v) is 9.58. The number of rotatable bonds is 5. The van der Waals surface area contributed by atoms with Crippen LogP contribution in [0.5, 0.6) is 0 Å². The van der Waals surface area contributed by atoms with Gasteiger partial charge < -0.3 is 10.0 Å². The Morgan fingerprint density at radius 1 is 1.31 bits per heavy atom. The van der Waals surface area contributed by atoms with Gasteiger partial charge in [-0.15, -0.1) is 0 Å². The van der Waals surface area contributed by atoms with Crippen molar-refractivity contribution in [1.29, 1.82) is 0 Å². The van der Waals surface area contributed by atoms with Gasteiger partial charge in [0, 0.05) is 6.42 Å². The summed E-state index contributed by atoms with van der Waals surface area (Å²) < 4.78 is 26.1. The molecule has 0 aliphatic carbocycles. The summed E-state index contributed by atoms with van der Waals surface area (Å²) in [5.41, 5.74) is 0.228. The second kappa shape index (κ2) is 5.92. The lowest BCUT2D eigenvalue weighted by Crippen LogP contribution is -2.21. The van der Waals surface area contributed by atoms with Crippen molar-refractivity contribution in [2.45, 2.75) is 18.9 Å². The number of aliphatic hydroxyl groups excluding tert-OH is 1. The summed E-state index contributed by atoms with van der Waals surface area (Å²) >= 11 is 0. The van der Waals surface area contributed by atoms with Crippen molar-refractivity contribution in [2.24, 2.45) is 0 Å². The number of nitrogens with zero attached hydrogens (tertiary/aromatic N) is 1. The van der Waals surface area contributed by atoms with Crippen LogP contribution in [0.4, 0.5) is 8.78 Å². The van der Waals surface area contributed by atoms with Gasteiger partial charge in [0.25, 0.3) is 0 Å². The van der Waals surface area contributed by atoms with Crippen molar-refractivity contribution < 1.29 is 13.9 Å². The molecule has 1 N–H and O–H groups in total. The fourth-order valence-corrected chi connectivity index (χ4v) is 1.47. The number of hydrogen-bond acceptors (Lipinski definition) is 2. The molecular formula is C12H17F2NO. The normalized spacial score (nSPS) is 13.1. The summed E-state index contributed by atoms with van der Waals surface area (Å²) in [4.78, 5) is 1.94. The first-order chi connectivity index (χ1) is 7.50. The summed E-state index contributed by atoms with van der Waals surface area (Å²) in [7, 11) is 3.80. The van der Waals surface area contributed by atoms with Gasteiger partial charge in [0.2, 0.25) is 0 Å². The van der Waals surface area contributed by atoms with Gasteiger partial charge in [-0.05, 0) is 38.7 Å². The van der Waals surface area contributed by atoms with Crippen molar-refractivity contribution >= 4 is 0 Å². The Bertz CT molecular complexity index is 342. The van der Waals surface area contributed by atoms with Gasteiger partial charge in [0.1, 0.15) is 0 Å². The average molecular weight is 229 g/mol. The average Bonchev–Trinajstić information content (AvgIpc) is 2.22. The minimum absolute atomic E-state index is 0.150. The first kappa shape index (κ1) is 13.1. The molecule has 0 fully saturated rings. The molecule has 0 amide bonds. The molecule has 1 rings (SSSR count). The van der Waals surface area contributed by atoms with Crippen molar-refractivity contribution in [3.63, 3.8) is 0 Å². The molecule has 1 atom stereocenters. The Labute approximate surface area is 94.5 Å². The van der Waals surface area contributed by atoms with Crippen LogP contribution < -0.4 is 0 Å². The van der Waals surface area contributed by atoms with Crippen LogP contribution in [0.2, 0.25) is 0 Å². The van der Waals surface area contributed by atoms with Crippen LogP contribution in [-0.4, -0.2) is 36.8 Å². The molecule has 90 valence electrons. The fraction of sp³-hybridized carbons (Fsp3) is 0.500. The van der Waals surface area contributed by atoms with Crippen molar-refractivity contribution in [1.82, 2.24) is 4.90 Å². The predicted molar refractivity (Wildman–Crippen MR) is 59.2 cm³/mol. The number of hydrogen-bond donors (Lipinski definition) is 1. The van der Waals surface area contributed by atoms with Crippen LogP contribution in [0.25, 0.3) is 0 Å². The standard InChI is InChI=1S/C12H17F2NO/c1-15(2)7-6-10(16)8-9-4-3-5-11(13)12(9)14/h3-5,10,16H,6-8H2,1-2H3. The number of aliphatic hydroxyl groups is 1. The lowest BCUT2D eigenvalue weighted by molar-refractivity contribution is 0.151. The highest BCUT2D eigenvalue weighted by Gasteiger charge is 2.12. The molecule has 0 radical (unpaired) electrons. The molecule has 0 saturated carbocycles. The lowest BCUT2D eigenvalue weighted by Gasteiger charge is -2.14. The quantitative estimate of drug-likeness (QED) is 0.832. The Balaban J connectivity index is 2.56. The van der Waals surface area contributed by atoms with Crippen molar-refractivity contribution in [3.8, 4) is 0 Å². The maximum Gasteiger partial charge on any atom is 0.162 e. The zero-order valence-electron chi connectivity index (χ0n) is 9.58. The van der Waals surface area contributed by atoms with Crippen LogP contribution in [0.1, 0.15) is 12.0 Å². The summed E-state index contributed by atoms with van der Waals surface area (Å²) in [6, 6.07) is 4.02. The van der Waals surface area contributed by atoms with E-state index >= 15 is 0 Å². The minimum atomic E-state index is -0.864. The smallest absolute Gasteiger partial charge is 0.162 e. The van der Waals surface area contributed by atoms with E-state index in [-0.39, 0.29) is 12.0 Å². The highest BCUT2D eigenvalue weighted by atomic mass is 19.2. The van der Waals surface area contributed by atoms with Gasteiger partial charge in [-0.2, -0.15) is 0 Å². The van der Waals surface area contributed by atoms with Gasteiger partial charge >= 0.3 is 0 Å². The maximum atomic E-state index is 13.3. The molecular weight excluding hydrogens is 212 g/mol. The van der Waals surface area contributed by atoms with E-state index in [1.807, 2.05) is 19.0 Å². The minimum Gasteiger partial charge on any atom is -0.393 e. The second-order valence-corrected chi connectivity index (χ2v) is 4.16. The molecule has 2 nitrogen and oxygen atoms in total. The summed E-state index contributed by atoms with van der Waals surface area (Å²) in [6.45, 7) is 0.720. The number of benzene rings is 1. The van der Waals surface area contributed by atoms with Crippen molar-refractivity contribution in [2.75, 3.05) is 20.6 Å². The third-order valence-electron chi connectivity index (χ3n) is 2.40. The van der Waals surface area contributed by atoms with E-state index in [1.54, 1.807) is 0 Å². The Morgan fingerprint density at radius 3 is 2.62 bits per heavy atom. The van der Waals surface area contributed by atoms with Crippen LogP contribution in [0.15, 0.2) is 18.2 Å². The number of halogens is 2. The Kier molecular flexibility index (Phi) is 4.83. The van der Waals surface area contributed by atoms with Crippen LogP contribution in [-0.2, 0) is 6.42 Å². The molecule has 0 saturated heterocycles. The lowest BCUT2D eigenvalue weighted by atomic mass is 10.0. The molecule has 1 aromatic rings. The largest absolute Gasteiger partial charge is 0.393 e. The van der Waals surface area contributed by atoms with E-state index in [9.17, 15) is 13.9 Å². The zero-order chi connectivity index (χ0) is 12.1. The molecule has 1 unspecified atom stereocenters. The molecule has 0 aliphatic heterocycles. The van der Waals surface area contributed by atoms with Gasteiger partial charge in [-0.1, -0.05) is 12.1 Å². The van der Waals surface area contributed by atoms with Crippen LogP contribution in [0.3, 0.4) is 0 Å². The molecule has 4 heteroatoms. The second-order valence-electron chi connectivity index (χ2n) is 4.16. The predicted octanol–water partition coefficient (Wildman–Crippen LogP) is 1.82. The molecule has 1 aromatic carbocycles. The summed E-state index contributed by atoms with van der Waals surface area (Å²) in [5, 5.41) is 9.65. The molecule has 0 aromatic heterocycles. The third kappa shape index (κ3) is 3.87. The van der Waals surface area contributed by atoms with Gasteiger partial charge in [0.15, 0.2) is 11.6 Å². The maximum absolute atomic E-state index is 13.3. The van der Waals surface area contributed by atoms with E-state index in [4.69, 9.17) is 0 Å². The van der Waals surface area contributed by atoms with Crippen LogP contribution in [0, 0.1) is 11.6 Å². The first-order valence-electron chi connectivity index (χ1n) is 5.26. The molecule has 16 heavy (non-hydrogen) atoms. The highest BCUT2D eigenvalue weighted by molar-refractivity contribution is 5.19. The van der Waals surface area contributed by atoms with E-state index in [0.29, 0.717) is 6.42 Å². The molecule has 0 spiro atoms. The highest BCUT2D eigenvalue weighted by Crippen LogP contribution is 2.14. The van der Waals surface area contributed by atoms with E-state index < -0.39 is 17.7 Å². The van der Waals surface area contributed by atoms with Crippen molar-refractivity contribution in [3.05, 3.63) is 35.4 Å². The summed E-state index contributed by atoms with van der Waals surface area (Å²) in [5.74, 6) is -1.72. The first-order valence-corrected chi connectivity index (χ1v) is 5.26. The SMILES string of the molecule is CN(C)CCC(O)Cc1cccc(F)c1F. The monoisotopic (exact) mass is 229 g/mol. The molecule has 0 bridgehead atoms. The fourth-order valence-electron chi connectivity index (χ4n) is 1.47. The molecule has 0 aliphatic rings. The third-order valence-corrected chi connectivity index (χ3v) is 2.40. The van der Waals surface area contributed by atoms with E-state index in [1.165, 1.54) is 12.1 Å². The molecule has 0 heterocycles. The topological polar surface area (TPSA) is 23.5 Å². The Hall–Kier alpha value is -1.00. The van der Waals surface area contributed by atoms with Crippen LogP contribution >= 0.6 is 0 Å². The van der Waals surface area contributed by atoms with E-state index in [2.05, 4.69) is 0 Å².